The van der Waals surface area contributed by atoms with Crippen molar-refractivity contribution in [2.24, 2.45) is 5.41 Å². The van der Waals surface area contributed by atoms with Gasteiger partial charge in [0.15, 0.2) is 5.75 Å². The van der Waals surface area contributed by atoms with Gasteiger partial charge in [0, 0.05) is 55.8 Å². The van der Waals surface area contributed by atoms with Crippen molar-refractivity contribution >= 4 is 29.2 Å². The van der Waals surface area contributed by atoms with Gasteiger partial charge in [0.05, 0.1) is 11.7 Å². The molecule has 4 aliphatic heterocycles. The Morgan fingerprint density at radius 3 is 2.67 bits per heavy atom. The summed E-state index contributed by atoms with van der Waals surface area (Å²) in [5, 5.41) is 0.112. The molecule has 206 valence electrons. The number of hydrogen-bond acceptors (Lipinski definition) is 6. The molecule has 2 aromatic rings. The van der Waals surface area contributed by atoms with Crippen molar-refractivity contribution in [3.05, 3.63) is 53.3 Å². The molecule has 3 fully saturated rings. The summed E-state index contributed by atoms with van der Waals surface area (Å²) >= 11 is 6.91. The minimum Gasteiger partial charge on any atom is -0.489 e. The van der Waals surface area contributed by atoms with Gasteiger partial charge in [-0.15, -0.1) is 0 Å². The molecule has 4 aliphatic rings. The predicted octanol–water partition coefficient (Wildman–Crippen LogP) is 3.69. The van der Waals surface area contributed by atoms with Gasteiger partial charge >= 0.3 is 0 Å². The number of hydrogen-bond donors (Lipinski definition) is 0. The molecule has 1 atom stereocenters. The average molecular weight is 554 g/mol. The molecule has 5 heterocycles. The van der Waals surface area contributed by atoms with E-state index in [9.17, 15) is 9.59 Å². The van der Waals surface area contributed by atoms with E-state index in [4.69, 9.17) is 21.3 Å². The second-order valence-electron chi connectivity index (χ2n) is 12.0. The van der Waals surface area contributed by atoms with E-state index in [0.717, 1.165) is 26.1 Å². The number of benzene rings is 1. The van der Waals surface area contributed by atoms with Crippen molar-refractivity contribution in [2.45, 2.75) is 31.8 Å². The van der Waals surface area contributed by atoms with Crippen molar-refractivity contribution in [2.75, 3.05) is 57.8 Å². The number of fused-ring (bicyclic) bond motifs is 2. The summed E-state index contributed by atoms with van der Waals surface area (Å²) in [7, 11) is 2.11. The van der Waals surface area contributed by atoms with Crippen LogP contribution >= 0.6 is 11.6 Å². The van der Waals surface area contributed by atoms with Gasteiger partial charge in [0.2, 0.25) is 5.91 Å². The van der Waals surface area contributed by atoms with Gasteiger partial charge in [-0.1, -0.05) is 30.3 Å². The molecular weight excluding hydrogens is 521 g/mol. The van der Waals surface area contributed by atoms with Crippen LogP contribution in [0.3, 0.4) is 0 Å². The number of likely N-dealkylation sites (tertiary alicyclic amines) is 1. The Morgan fingerprint density at radius 1 is 1.23 bits per heavy atom. The SMILES string of the molecule is C=CC(=O)N1CCN2C(=O)c3c(N4CC5(CN(C)C5)CC4(C)C)nc(-c4ccccc4F)c(Cl)c3OCC2C1. The lowest BCUT2D eigenvalue weighted by Gasteiger charge is -2.46. The summed E-state index contributed by atoms with van der Waals surface area (Å²) in [5.41, 5.74) is 0.607. The fourth-order valence-corrected chi connectivity index (χ4v) is 7.39. The number of aromatic nitrogens is 1. The standard InChI is InChI=1S/C29H33ClFN5O3/c1-5-21(37)34-10-11-35-18(12-34)13-39-25-22(27(35)38)26(32-24(23(25)30)19-8-6-7-9-20(19)31)36-17-29(14-28(36,2)3)15-33(4)16-29/h5-9,18H,1,10-17H2,2-4H3. The number of amides is 2. The number of pyridine rings is 1. The highest BCUT2D eigenvalue weighted by Crippen LogP contribution is 2.52. The van der Waals surface area contributed by atoms with Crippen molar-refractivity contribution in [1.29, 1.82) is 0 Å². The van der Waals surface area contributed by atoms with Crippen LogP contribution in [-0.4, -0.2) is 96.0 Å². The molecule has 6 rings (SSSR count). The van der Waals surface area contributed by atoms with Crippen LogP contribution in [0.5, 0.6) is 5.75 Å². The summed E-state index contributed by atoms with van der Waals surface area (Å²) in [6, 6.07) is 6.00. The first-order valence-electron chi connectivity index (χ1n) is 13.3. The van der Waals surface area contributed by atoms with Crippen LogP contribution < -0.4 is 9.64 Å². The van der Waals surface area contributed by atoms with Gasteiger partial charge < -0.3 is 24.3 Å². The lowest BCUT2D eigenvalue weighted by atomic mass is 9.76. The molecule has 0 radical (unpaired) electrons. The molecule has 1 aromatic carbocycles. The fourth-order valence-electron chi connectivity index (χ4n) is 7.09. The molecular formula is C29H33ClFN5O3. The third-order valence-electron chi connectivity index (χ3n) is 8.57. The van der Waals surface area contributed by atoms with Crippen molar-refractivity contribution in [1.82, 2.24) is 19.7 Å². The first-order valence-corrected chi connectivity index (χ1v) is 13.7. The van der Waals surface area contributed by atoms with Crippen LogP contribution in [-0.2, 0) is 4.79 Å². The highest BCUT2D eigenvalue weighted by atomic mass is 35.5. The zero-order valence-electron chi connectivity index (χ0n) is 22.5. The number of nitrogens with zero attached hydrogens (tertiary/aromatic N) is 5. The summed E-state index contributed by atoms with van der Waals surface area (Å²) in [6.45, 7) is 11.8. The molecule has 1 unspecified atom stereocenters. The van der Waals surface area contributed by atoms with E-state index in [-0.39, 0.29) is 57.4 Å². The van der Waals surface area contributed by atoms with E-state index in [1.54, 1.807) is 28.0 Å². The number of ether oxygens (including phenoxy) is 1. The van der Waals surface area contributed by atoms with E-state index >= 15 is 4.39 Å². The number of anilines is 1. The molecule has 2 amide bonds. The fraction of sp³-hybridized carbons (Fsp3) is 0.483. The minimum atomic E-state index is -0.452. The van der Waals surface area contributed by atoms with Gasteiger partial charge in [0.1, 0.15) is 28.8 Å². The minimum absolute atomic E-state index is 0.0957. The van der Waals surface area contributed by atoms with Crippen LogP contribution in [0.25, 0.3) is 11.3 Å². The summed E-state index contributed by atoms with van der Waals surface area (Å²) in [6.07, 6.45) is 2.23. The highest BCUT2D eigenvalue weighted by Gasteiger charge is 2.55. The summed E-state index contributed by atoms with van der Waals surface area (Å²) in [4.78, 5) is 39.5. The Balaban J connectivity index is 1.50. The van der Waals surface area contributed by atoms with Crippen LogP contribution in [0.15, 0.2) is 36.9 Å². The first-order chi connectivity index (χ1) is 18.5. The van der Waals surface area contributed by atoms with Crippen LogP contribution in [0.2, 0.25) is 5.02 Å². The molecule has 1 aromatic heterocycles. The van der Waals surface area contributed by atoms with E-state index in [1.165, 1.54) is 12.1 Å². The lowest BCUT2D eigenvalue weighted by Crippen LogP contribution is -2.57. The highest BCUT2D eigenvalue weighted by molar-refractivity contribution is 6.35. The van der Waals surface area contributed by atoms with Crippen LogP contribution in [0, 0.1) is 11.2 Å². The Kier molecular flexibility index (Phi) is 6.15. The predicted molar refractivity (Wildman–Crippen MR) is 148 cm³/mol. The third-order valence-corrected chi connectivity index (χ3v) is 8.92. The summed E-state index contributed by atoms with van der Waals surface area (Å²) < 4.78 is 21.4. The van der Waals surface area contributed by atoms with Gasteiger partial charge in [-0.05, 0) is 45.5 Å². The number of rotatable bonds is 3. The Morgan fingerprint density at radius 2 is 1.97 bits per heavy atom. The Bertz CT molecular complexity index is 1370. The van der Waals surface area contributed by atoms with Crippen LogP contribution in [0.4, 0.5) is 10.2 Å². The van der Waals surface area contributed by atoms with Gasteiger partial charge in [-0.25, -0.2) is 9.37 Å². The number of carbonyl (C=O) groups excluding carboxylic acids is 2. The maximum Gasteiger partial charge on any atom is 0.261 e. The topological polar surface area (TPSA) is 69.2 Å². The average Bonchev–Trinajstić information content (AvgIpc) is 3.08. The normalized spacial score (nSPS) is 23.6. The smallest absolute Gasteiger partial charge is 0.261 e. The number of carbonyl (C=O) groups is 2. The van der Waals surface area contributed by atoms with E-state index in [2.05, 4.69) is 37.3 Å². The lowest BCUT2D eigenvalue weighted by molar-refractivity contribution is -0.128. The van der Waals surface area contributed by atoms with E-state index in [1.807, 2.05) is 0 Å². The Hall–Kier alpha value is -3.17. The zero-order chi connectivity index (χ0) is 27.7. The summed E-state index contributed by atoms with van der Waals surface area (Å²) in [5.74, 6) is -0.167. The third kappa shape index (κ3) is 4.17. The molecule has 10 heteroatoms. The number of halogens is 2. The maximum atomic E-state index is 15.0. The molecule has 0 N–H and O–H groups in total. The molecule has 3 saturated heterocycles. The van der Waals surface area contributed by atoms with Crippen molar-refractivity contribution in [3.63, 3.8) is 0 Å². The maximum absolute atomic E-state index is 15.0. The van der Waals surface area contributed by atoms with E-state index in [0.29, 0.717) is 31.0 Å². The number of piperazine rings is 1. The van der Waals surface area contributed by atoms with Gasteiger partial charge in [-0.2, -0.15) is 0 Å². The first kappa shape index (κ1) is 26.1. The van der Waals surface area contributed by atoms with Crippen molar-refractivity contribution < 1.29 is 18.7 Å². The molecule has 0 bridgehead atoms. The molecule has 1 spiro atoms. The quantitative estimate of drug-likeness (QED) is 0.540. The van der Waals surface area contributed by atoms with Crippen LogP contribution in [0.1, 0.15) is 30.6 Å². The molecule has 39 heavy (non-hydrogen) atoms. The molecule has 8 nitrogen and oxygen atoms in total. The van der Waals surface area contributed by atoms with Gasteiger partial charge in [-0.3, -0.25) is 9.59 Å². The van der Waals surface area contributed by atoms with Crippen molar-refractivity contribution in [3.8, 4) is 17.0 Å². The van der Waals surface area contributed by atoms with Gasteiger partial charge in [0.25, 0.3) is 5.91 Å². The van der Waals surface area contributed by atoms with E-state index < -0.39 is 5.82 Å². The zero-order valence-corrected chi connectivity index (χ0v) is 23.3. The monoisotopic (exact) mass is 553 g/mol. The largest absolute Gasteiger partial charge is 0.489 e. The molecule has 0 aliphatic carbocycles. The second-order valence-corrected chi connectivity index (χ2v) is 12.4. The molecule has 0 saturated carbocycles. The second kappa shape index (κ2) is 9.20. The Labute approximate surface area is 233 Å².